The normalized spacial score (nSPS) is 12.7. The van der Waals surface area contributed by atoms with E-state index in [9.17, 15) is 0 Å². The summed E-state index contributed by atoms with van der Waals surface area (Å²) in [4.78, 5) is 7.33. The van der Waals surface area contributed by atoms with Crippen molar-refractivity contribution in [2.24, 2.45) is 5.73 Å². The molecule has 1 heterocycles. The number of imidazole rings is 1. The number of aromatic amines is 1. The number of hydrogen-bond acceptors (Lipinski definition) is 5. The van der Waals surface area contributed by atoms with Crippen LogP contribution in [0, 0.1) is 0 Å². The van der Waals surface area contributed by atoms with E-state index in [0.29, 0.717) is 17.3 Å². The lowest BCUT2D eigenvalue weighted by molar-refractivity contribution is 0.264. The Hall–Kier alpha value is -1.79. The van der Waals surface area contributed by atoms with E-state index in [1.54, 1.807) is 26.4 Å². The van der Waals surface area contributed by atoms with Gasteiger partial charge in [-0.3, -0.25) is 0 Å². The number of nitrogens with two attached hydrogens (primary N) is 1. The molecule has 0 saturated carbocycles. The summed E-state index contributed by atoms with van der Waals surface area (Å²) in [5, 5.41) is 8.98. The molecular formula is C11H15N3O3. The molecule has 0 aliphatic heterocycles. The molecule has 0 radical (unpaired) electrons. The van der Waals surface area contributed by atoms with Crippen molar-refractivity contribution in [3.63, 3.8) is 0 Å². The summed E-state index contributed by atoms with van der Waals surface area (Å²) in [7, 11) is 3.14. The Morgan fingerprint density at radius 2 is 2.00 bits per heavy atom. The fourth-order valence-electron chi connectivity index (χ4n) is 1.62. The minimum atomic E-state index is -0.514. The molecule has 1 aromatic heterocycles. The van der Waals surface area contributed by atoms with Gasteiger partial charge in [0, 0.05) is 12.1 Å². The molecule has 4 N–H and O–H groups in total. The first-order valence-electron chi connectivity index (χ1n) is 5.17. The lowest BCUT2D eigenvalue weighted by atomic mass is 10.3. The number of nitrogens with zero attached hydrogens (tertiary/aromatic N) is 1. The van der Waals surface area contributed by atoms with Crippen LogP contribution >= 0.6 is 0 Å². The number of hydrogen-bond donors (Lipinski definition) is 3. The molecular weight excluding hydrogens is 222 g/mol. The number of aromatic nitrogens is 2. The van der Waals surface area contributed by atoms with E-state index in [-0.39, 0.29) is 6.61 Å². The first-order chi connectivity index (χ1) is 8.19. The Labute approximate surface area is 98.4 Å². The Morgan fingerprint density at radius 3 is 2.59 bits per heavy atom. The molecule has 17 heavy (non-hydrogen) atoms. The van der Waals surface area contributed by atoms with Crippen LogP contribution in [0.4, 0.5) is 0 Å². The number of nitrogens with one attached hydrogen (secondary N) is 1. The van der Waals surface area contributed by atoms with E-state index in [4.69, 9.17) is 20.3 Å². The zero-order chi connectivity index (χ0) is 12.4. The Bertz CT molecular complexity index is 483. The van der Waals surface area contributed by atoms with Crippen molar-refractivity contribution in [2.75, 3.05) is 20.8 Å². The summed E-state index contributed by atoms with van der Waals surface area (Å²) in [6, 6.07) is 3.03. The van der Waals surface area contributed by atoms with Crippen molar-refractivity contribution < 1.29 is 14.6 Å². The summed E-state index contributed by atoms with van der Waals surface area (Å²) in [6.45, 7) is -0.159. The first kappa shape index (κ1) is 11.7. The van der Waals surface area contributed by atoms with Gasteiger partial charge in [0.2, 0.25) is 0 Å². The molecule has 0 spiro atoms. The van der Waals surface area contributed by atoms with Gasteiger partial charge >= 0.3 is 0 Å². The van der Waals surface area contributed by atoms with Crippen LogP contribution in [0.5, 0.6) is 11.5 Å². The topological polar surface area (TPSA) is 93.4 Å². The van der Waals surface area contributed by atoms with Crippen LogP contribution in [0.3, 0.4) is 0 Å². The highest BCUT2D eigenvalue weighted by atomic mass is 16.5. The molecule has 92 valence electrons. The molecule has 0 aliphatic rings. The Morgan fingerprint density at radius 1 is 1.35 bits per heavy atom. The van der Waals surface area contributed by atoms with Gasteiger partial charge in [-0.05, 0) is 0 Å². The van der Waals surface area contributed by atoms with Gasteiger partial charge in [-0.15, -0.1) is 0 Å². The molecule has 1 atom stereocenters. The molecule has 6 heteroatoms. The monoisotopic (exact) mass is 237 g/mol. The first-order valence-corrected chi connectivity index (χ1v) is 5.17. The van der Waals surface area contributed by atoms with Crippen molar-refractivity contribution >= 4 is 11.0 Å². The third-order valence-corrected chi connectivity index (χ3v) is 2.55. The fourth-order valence-corrected chi connectivity index (χ4v) is 1.62. The van der Waals surface area contributed by atoms with Crippen LogP contribution in [-0.4, -0.2) is 35.9 Å². The zero-order valence-electron chi connectivity index (χ0n) is 9.73. The third kappa shape index (κ3) is 2.04. The van der Waals surface area contributed by atoms with Crippen LogP contribution in [-0.2, 0) is 0 Å². The average Bonchev–Trinajstić information content (AvgIpc) is 2.78. The molecule has 0 aliphatic carbocycles. The minimum Gasteiger partial charge on any atom is -0.493 e. The average molecular weight is 237 g/mol. The van der Waals surface area contributed by atoms with Gasteiger partial charge in [-0.1, -0.05) is 0 Å². The molecule has 0 fully saturated rings. The maximum absolute atomic E-state index is 8.98. The molecule has 0 bridgehead atoms. The molecule has 2 rings (SSSR count). The maximum atomic E-state index is 8.98. The van der Waals surface area contributed by atoms with Crippen LogP contribution < -0.4 is 15.2 Å². The van der Waals surface area contributed by atoms with Crippen molar-refractivity contribution in [2.45, 2.75) is 6.04 Å². The standard InChI is InChI=1S/C11H15N3O3/c1-16-9-3-7-8(4-10(9)17-2)14-11(13-7)6(12)5-15/h3-4,6,15H,5,12H2,1-2H3,(H,13,14). The molecule has 6 nitrogen and oxygen atoms in total. The highest BCUT2D eigenvalue weighted by Gasteiger charge is 2.13. The van der Waals surface area contributed by atoms with E-state index >= 15 is 0 Å². The highest BCUT2D eigenvalue weighted by molar-refractivity contribution is 5.79. The van der Waals surface area contributed by atoms with Crippen LogP contribution in [0.2, 0.25) is 0 Å². The Balaban J connectivity index is 2.53. The summed E-state index contributed by atoms with van der Waals surface area (Å²) >= 11 is 0. The number of ether oxygens (including phenoxy) is 2. The minimum absolute atomic E-state index is 0.159. The summed E-state index contributed by atoms with van der Waals surface area (Å²) in [5.41, 5.74) is 7.21. The number of benzene rings is 1. The van der Waals surface area contributed by atoms with Gasteiger partial charge in [-0.25, -0.2) is 4.98 Å². The van der Waals surface area contributed by atoms with Gasteiger partial charge in [-0.2, -0.15) is 0 Å². The SMILES string of the molecule is COc1cc2nc(C(N)CO)[nH]c2cc1OC. The smallest absolute Gasteiger partial charge is 0.163 e. The zero-order valence-corrected chi connectivity index (χ0v) is 9.73. The third-order valence-electron chi connectivity index (χ3n) is 2.55. The van der Waals surface area contributed by atoms with E-state index in [0.717, 1.165) is 11.0 Å². The molecule has 1 aromatic carbocycles. The Kier molecular flexibility index (Phi) is 3.16. The number of aliphatic hydroxyl groups excluding tert-OH is 1. The highest BCUT2D eigenvalue weighted by Crippen LogP contribution is 2.31. The predicted octanol–water partition coefficient (Wildman–Crippen LogP) is 0.572. The molecule has 1 unspecified atom stereocenters. The van der Waals surface area contributed by atoms with E-state index < -0.39 is 6.04 Å². The van der Waals surface area contributed by atoms with Gasteiger partial charge in [0.25, 0.3) is 0 Å². The fraction of sp³-hybridized carbons (Fsp3) is 0.364. The number of fused-ring (bicyclic) bond motifs is 1. The number of rotatable bonds is 4. The van der Waals surface area contributed by atoms with Crippen molar-refractivity contribution in [1.82, 2.24) is 9.97 Å². The van der Waals surface area contributed by atoms with Gasteiger partial charge in [0.1, 0.15) is 5.82 Å². The van der Waals surface area contributed by atoms with Crippen LogP contribution in [0.1, 0.15) is 11.9 Å². The second kappa shape index (κ2) is 4.60. The van der Waals surface area contributed by atoms with Crippen LogP contribution in [0.25, 0.3) is 11.0 Å². The lowest BCUT2D eigenvalue weighted by Gasteiger charge is -2.06. The summed E-state index contributed by atoms with van der Waals surface area (Å²) in [6.07, 6.45) is 0. The summed E-state index contributed by atoms with van der Waals surface area (Å²) in [5.74, 6) is 1.76. The van der Waals surface area contributed by atoms with Crippen molar-refractivity contribution in [3.8, 4) is 11.5 Å². The van der Waals surface area contributed by atoms with E-state index in [1.165, 1.54) is 0 Å². The number of H-pyrrole nitrogens is 1. The summed E-state index contributed by atoms with van der Waals surface area (Å²) < 4.78 is 10.4. The van der Waals surface area contributed by atoms with E-state index in [1.807, 2.05) is 0 Å². The number of aliphatic hydroxyl groups is 1. The molecule has 0 amide bonds. The second-order valence-corrected chi connectivity index (χ2v) is 3.64. The second-order valence-electron chi connectivity index (χ2n) is 3.64. The quantitative estimate of drug-likeness (QED) is 0.723. The largest absolute Gasteiger partial charge is 0.493 e. The van der Waals surface area contributed by atoms with Crippen LogP contribution in [0.15, 0.2) is 12.1 Å². The van der Waals surface area contributed by atoms with Gasteiger partial charge in [0.05, 0.1) is 37.9 Å². The molecule has 0 saturated heterocycles. The van der Waals surface area contributed by atoms with Crippen molar-refractivity contribution in [3.05, 3.63) is 18.0 Å². The predicted molar refractivity (Wildman–Crippen MR) is 63.2 cm³/mol. The van der Waals surface area contributed by atoms with Crippen molar-refractivity contribution in [1.29, 1.82) is 0 Å². The van der Waals surface area contributed by atoms with Gasteiger partial charge in [0.15, 0.2) is 11.5 Å². The van der Waals surface area contributed by atoms with E-state index in [2.05, 4.69) is 9.97 Å². The molecule has 2 aromatic rings. The van der Waals surface area contributed by atoms with Gasteiger partial charge < -0.3 is 25.3 Å². The number of methoxy groups -OCH3 is 2. The maximum Gasteiger partial charge on any atom is 0.163 e. The lowest BCUT2D eigenvalue weighted by Crippen LogP contribution is -2.15.